The zero-order chi connectivity index (χ0) is 27.4. The van der Waals surface area contributed by atoms with Crippen molar-refractivity contribution in [2.75, 3.05) is 39.1 Å². The van der Waals surface area contributed by atoms with Gasteiger partial charge in [-0.2, -0.15) is 0 Å². The summed E-state index contributed by atoms with van der Waals surface area (Å²) in [4.78, 5) is 29.8. The molecule has 0 aliphatic carbocycles. The molecule has 4 aromatic rings. The molecule has 1 saturated heterocycles. The summed E-state index contributed by atoms with van der Waals surface area (Å²) in [5.74, 6) is 2.92. The number of ether oxygens (including phenoxy) is 2. The second kappa shape index (κ2) is 11.7. The van der Waals surface area contributed by atoms with E-state index in [1.54, 1.807) is 12.5 Å². The maximum absolute atomic E-state index is 12.7. The van der Waals surface area contributed by atoms with E-state index in [-0.39, 0.29) is 11.9 Å². The fraction of sp³-hybridized carbons (Fsp3) is 0.333. The third-order valence-electron chi connectivity index (χ3n) is 6.75. The van der Waals surface area contributed by atoms with Gasteiger partial charge >= 0.3 is 0 Å². The molecule has 1 fully saturated rings. The molecule has 5 rings (SSSR count). The van der Waals surface area contributed by atoms with Gasteiger partial charge in [-0.3, -0.25) is 9.78 Å². The summed E-state index contributed by atoms with van der Waals surface area (Å²) in [6, 6.07) is 15.6. The molecule has 0 bridgehead atoms. The standard InChI is InChI=1S/C30H34N6O3/c1-20-15-22(11-13-26(20)39-24-12-10-21(2)31-16-24)34-30-29-25(32-19-33-30)8-5-9-27(29)38-18-23-7-6-14-36(23)28(37)17-35(3)4/h5,8-13,15-16,19,23H,6-7,14,17-18H2,1-4H3,(H,32,33,34)/t23-/m0/s1. The predicted octanol–water partition coefficient (Wildman–Crippen LogP) is 5.11. The van der Waals surface area contributed by atoms with Crippen molar-refractivity contribution in [3.8, 4) is 17.2 Å². The molecule has 9 nitrogen and oxygen atoms in total. The lowest BCUT2D eigenvalue weighted by atomic mass is 10.1. The SMILES string of the molecule is Cc1ccc(Oc2ccc(Nc3ncnc4cccc(OC[C@@H]5CCCN5C(=O)CN(C)C)c34)cc2C)cn1. The fourth-order valence-electron chi connectivity index (χ4n) is 4.80. The van der Waals surface area contributed by atoms with Crippen LogP contribution < -0.4 is 14.8 Å². The van der Waals surface area contributed by atoms with Crippen molar-refractivity contribution < 1.29 is 14.3 Å². The lowest BCUT2D eigenvalue weighted by Crippen LogP contribution is -2.43. The summed E-state index contributed by atoms with van der Waals surface area (Å²) in [6.07, 6.45) is 5.18. The number of hydrogen-bond acceptors (Lipinski definition) is 8. The molecule has 1 atom stereocenters. The summed E-state index contributed by atoms with van der Waals surface area (Å²) in [6.45, 7) is 5.54. The van der Waals surface area contributed by atoms with E-state index in [0.29, 0.717) is 30.5 Å². The summed E-state index contributed by atoms with van der Waals surface area (Å²) < 4.78 is 12.4. The van der Waals surface area contributed by atoms with Gasteiger partial charge in [-0.05, 0) is 88.8 Å². The van der Waals surface area contributed by atoms with Crippen molar-refractivity contribution in [1.29, 1.82) is 0 Å². The Hall–Kier alpha value is -4.24. The number of pyridine rings is 1. The van der Waals surface area contributed by atoms with Crippen LogP contribution in [0.25, 0.3) is 10.9 Å². The molecule has 2 aromatic heterocycles. The highest BCUT2D eigenvalue weighted by Gasteiger charge is 2.29. The van der Waals surface area contributed by atoms with Crippen LogP contribution >= 0.6 is 0 Å². The number of carbonyl (C=O) groups excluding carboxylic acids is 1. The average Bonchev–Trinajstić information content (AvgIpc) is 3.39. The van der Waals surface area contributed by atoms with Crippen molar-refractivity contribution in [3.05, 3.63) is 72.3 Å². The van der Waals surface area contributed by atoms with Crippen LogP contribution in [0, 0.1) is 13.8 Å². The molecule has 0 spiro atoms. The number of nitrogens with one attached hydrogen (secondary N) is 1. The van der Waals surface area contributed by atoms with E-state index in [1.165, 1.54) is 0 Å². The van der Waals surface area contributed by atoms with Gasteiger partial charge < -0.3 is 24.6 Å². The molecule has 9 heteroatoms. The van der Waals surface area contributed by atoms with Crippen molar-refractivity contribution >= 4 is 28.3 Å². The Morgan fingerprint density at radius 1 is 1.08 bits per heavy atom. The fourth-order valence-corrected chi connectivity index (χ4v) is 4.80. The first-order chi connectivity index (χ1) is 18.9. The van der Waals surface area contributed by atoms with E-state index in [2.05, 4.69) is 20.3 Å². The summed E-state index contributed by atoms with van der Waals surface area (Å²) in [5.41, 5.74) is 3.56. The zero-order valence-electron chi connectivity index (χ0n) is 22.8. The minimum atomic E-state index is 0.0488. The number of amides is 1. The van der Waals surface area contributed by atoms with Crippen LogP contribution in [0.1, 0.15) is 24.1 Å². The maximum Gasteiger partial charge on any atom is 0.237 e. The monoisotopic (exact) mass is 526 g/mol. The highest BCUT2D eigenvalue weighted by Crippen LogP contribution is 2.34. The van der Waals surface area contributed by atoms with Gasteiger partial charge in [0.1, 0.15) is 36.0 Å². The molecule has 1 N–H and O–H groups in total. The number of nitrogens with zero attached hydrogens (tertiary/aromatic N) is 5. The topological polar surface area (TPSA) is 92.7 Å². The Morgan fingerprint density at radius 2 is 1.95 bits per heavy atom. The van der Waals surface area contributed by atoms with Gasteiger partial charge in [0.2, 0.25) is 5.91 Å². The minimum absolute atomic E-state index is 0.0488. The van der Waals surface area contributed by atoms with Gasteiger partial charge in [-0.15, -0.1) is 0 Å². The third kappa shape index (κ3) is 6.26. The van der Waals surface area contributed by atoms with Gasteiger partial charge in [-0.1, -0.05) is 6.07 Å². The number of aromatic nitrogens is 3. The predicted molar refractivity (Wildman–Crippen MR) is 152 cm³/mol. The van der Waals surface area contributed by atoms with E-state index in [4.69, 9.17) is 9.47 Å². The molecule has 202 valence electrons. The largest absolute Gasteiger partial charge is 0.491 e. The van der Waals surface area contributed by atoms with Crippen LogP contribution in [-0.2, 0) is 4.79 Å². The lowest BCUT2D eigenvalue weighted by molar-refractivity contribution is -0.133. The number of likely N-dealkylation sites (N-methyl/N-ethyl adjacent to an activating group) is 1. The number of anilines is 2. The first-order valence-corrected chi connectivity index (χ1v) is 13.2. The number of likely N-dealkylation sites (tertiary alicyclic amines) is 1. The molecule has 1 amide bonds. The molecule has 1 aliphatic heterocycles. The van der Waals surface area contributed by atoms with Crippen LogP contribution in [0.2, 0.25) is 0 Å². The Kier molecular flexibility index (Phi) is 7.88. The molecule has 3 heterocycles. The number of benzene rings is 2. The Morgan fingerprint density at radius 3 is 2.72 bits per heavy atom. The minimum Gasteiger partial charge on any atom is -0.491 e. The van der Waals surface area contributed by atoms with Crippen LogP contribution in [-0.4, -0.2) is 70.5 Å². The first kappa shape index (κ1) is 26.4. The van der Waals surface area contributed by atoms with Crippen molar-refractivity contribution in [2.45, 2.75) is 32.7 Å². The summed E-state index contributed by atoms with van der Waals surface area (Å²) in [7, 11) is 3.82. The molecule has 39 heavy (non-hydrogen) atoms. The van der Waals surface area contributed by atoms with E-state index in [0.717, 1.165) is 53.0 Å². The van der Waals surface area contributed by atoms with Crippen LogP contribution in [0.4, 0.5) is 11.5 Å². The number of aryl methyl sites for hydroxylation is 2. The van der Waals surface area contributed by atoms with E-state index in [1.807, 2.05) is 86.3 Å². The molecule has 1 aliphatic rings. The smallest absolute Gasteiger partial charge is 0.237 e. The Balaban J connectivity index is 1.34. The maximum atomic E-state index is 12.7. The highest BCUT2D eigenvalue weighted by molar-refractivity contribution is 5.95. The third-order valence-corrected chi connectivity index (χ3v) is 6.75. The van der Waals surface area contributed by atoms with Gasteiger partial charge in [0.15, 0.2) is 0 Å². The molecular formula is C30H34N6O3. The van der Waals surface area contributed by atoms with E-state index < -0.39 is 0 Å². The molecule has 2 aromatic carbocycles. The molecule has 0 radical (unpaired) electrons. The molecule has 0 saturated carbocycles. The highest BCUT2D eigenvalue weighted by atomic mass is 16.5. The van der Waals surface area contributed by atoms with E-state index >= 15 is 0 Å². The van der Waals surface area contributed by atoms with Crippen molar-refractivity contribution in [3.63, 3.8) is 0 Å². The first-order valence-electron chi connectivity index (χ1n) is 13.2. The number of hydrogen-bond donors (Lipinski definition) is 1. The van der Waals surface area contributed by atoms with Crippen LogP contribution in [0.3, 0.4) is 0 Å². The van der Waals surface area contributed by atoms with Crippen LogP contribution in [0.5, 0.6) is 17.2 Å². The quantitative estimate of drug-likeness (QED) is 0.322. The van der Waals surface area contributed by atoms with Gasteiger partial charge in [0, 0.05) is 17.9 Å². The van der Waals surface area contributed by atoms with Crippen molar-refractivity contribution in [2.24, 2.45) is 0 Å². The molecular weight excluding hydrogens is 492 g/mol. The normalized spacial score (nSPS) is 15.1. The van der Waals surface area contributed by atoms with Gasteiger partial charge in [0.25, 0.3) is 0 Å². The van der Waals surface area contributed by atoms with Gasteiger partial charge in [-0.25, -0.2) is 9.97 Å². The Labute approximate surface area is 228 Å². The zero-order valence-corrected chi connectivity index (χ0v) is 22.8. The number of carbonyl (C=O) groups is 1. The summed E-state index contributed by atoms with van der Waals surface area (Å²) in [5, 5.41) is 4.23. The second-order valence-electron chi connectivity index (χ2n) is 10.1. The molecule has 0 unspecified atom stereocenters. The average molecular weight is 527 g/mol. The Bertz CT molecular complexity index is 1450. The van der Waals surface area contributed by atoms with Gasteiger partial charge in [0.05, 0.1) is 29.7 Å². The number of fused-ring (bicyclic) bond motifs is 1. The van der Waals surface area contributed by atoms with Crippen molar-refractivity contribution in [1.82, 2.24) is 24.8 Å². The second-order valence-corrected chi connectivity index (χ2v) is 10.1. The van der Waals surface area contributed by atoms with Crippen LogP contribution in [0.15, 0.2) is 61.1 Å². The van der Waals surface area contributed by atoms with E-state index in [9.17, 15) is 4.79 Å². The summed E-state index contributed by atoms with van der Waals surface area (Å²) >= 11 is 0. The lowest BCUT2D eigenvalue weighted by Gasteiger charge is -2.26. The number of rotatable bonds is 9.